The number of hydrogen-bond donors (Lipinski definition) is 0. The Morgan fingerprint density at radius 1 is 0.816 bits per heavy atom. The first kappa shape index (κ1) is 26.2. The predicted octanol–water partition coefficient (Wildman–Crippen LogP) is 7.67. The maximum atomic E-state index is 5.88. The lowest BCUT2D eigenvalue weighted by atomic mass is 9.84. The molecule has 0 radical (unpaired) electrons. The highest BCUT2D eigenvalue weighted by Gasteiger charge is 2.42. The van der Waals surface area contributed by atoms with Gasteiger partial charge in [0.15, 0.2) is 0 Å². The summed E-state index contributed by atoms with van der Waals surface area (Å²) < 4.78 is 23.6. The lowest BCUT2D eigenvalue weighted by Crippen LogP contribution is -2.26. The van der Waals surface area contributed by atoms with Crippen LogP contribution in [0.25, 0.3) is 6.08 Å². The van der Waals surface area contributed by atoms with Crippen LogP contribution >= 0.6 is 15.9 Å². The number of halogens is 1. The van der Waals surface area contributed by atoms with Crippen LogP contribution in [0.1, 0.15) is 42.9 Å². The fraction of sp³-hybridized carbons (Fsp3) is 0.323. The van der Waals surface area contributed by atoms with Crippen LogP contribution in [-0.2, 0) is 0 Å². The molecule has 0 amide bonds. The van der Waals surface area contributed by atoms with Crippen molar-refractivity contribution in [2.45, 2.75) is 31.7 Å². The van der Waals surface area contributed by atoms with Gasteiger partial charge in [-0.2, -0.15) is 5.10 Å². The van der Waals surface area contributed by atoms with Crippen LogP contribution in [0.2, 0.25) is 0 Å². The minimum Gasteiger partial charge on any atom is -0.497 e. The molecule has 2 atom stereocenters. The summed E-state index contributed by atoms with van der Waals surface area (Å²) in [6.07, 6.45) is 6.46. The molecule has 3 aromatic carbocycles. The number of benzene rings is 3. The van der Waals surface area contributed by atoms with E-state index < -0.39 is 0 Å². The van der Waals surface area contributed by atoms with E-state index in [2.05, 4.69) is 57.3 Å². The second-order valence-electron chi connectivity index (χ2n) is 9.49. The summed E-state index contributed by atoms with van der Waals surface area (Å²) in [6.45, 7) is 0. The number of fused-ring (bicyclic) bond motifs is 1. The molecule has 38 heavy (non-hydrogen) atoms. The van der Waals surface area contributed by atoms with Crippen molar-refractivity contribution in [2.24, 2.45) is 11.0 Å². The molecule has 5 rings (SSSR count). The molecule has 1 fully saturated rings. The largest absolute Gasteiger partial charge is 0.497 e. The van der Waals surface area contributed by atoms with Gasteiger partial charge in [0.1, 0.15) is 23.0 Å². The highest BCUT2D eigenvalue weighted by molar-refractivity contribution is 9.10. The van der Waals surface area contributed by atoms with Crippen molar-refractivity contribution in [3.8, 4) is 23.0 Å². The smallest absolute Gasteiger partial charge is 0.127 e. The lowest BCUT2D eigenvalue weighted by Gasteiger charge is -2.29. The van der Waals surface area contributed by atoms with Gasteiger partial charge < -0.3 is 18.9 Å². The molecule has 1 heterocycles. The van der Waals surface area contributed by atoms with E-state index in [9.17, 15) is 0 Å². The van der Waals surface area contributed by atoms with Crippen molar-refractivity contribution in [2.75, 3.05) is 33.4 Å². The van der Waals surface area contributed by atoms with Crippen LogP contribution in [0.4, 0.5) is 5.69 Å². The lowest BCUT2D eigenvalue weighted by molar-refractivity contribution is 0.383. The van der Waals surface area contributed by atoms with E-state index in [0.29, 0.717) is 0 Å². The normalized spacial score (nSPS) is 20.0. The Balaban J connectivity index is 1.66. The Labute approximate surface area is 233 Å². The predicted molar refractivity (Wildman–Crippen MR) is 156 cm³/mol. The Kier molecular flexibility index (Phi) is 7.93. The molecular formula is C31H33BrN2O4. The molecule has 0 N–H and O–H groups in total. The fourth-order valence-corrected chi connectivity index (χ4v) is 5.75. The zero-order valence-electron chi connectivity index (χ0n) is 22.2. The molecule has 0 spiro atoms. The van der Waals surface area contributed by atoms with Gasteiger partial charge in [-0.1, -0.05) is 22.4 Å². The summed E-state index contributed by atoms with van der Waals surface area (Å²) in [4.78, 5) is 0. The third-order valence-electron chi connectivity index (χ3n) is 7.37. The summed E-state index contributed by atoms with van der Waals surface area (Å²) >= 11 is 3.58. The number of hydrazone groups is 1. The van der Waals surface area contributed by atoms with E-state index in [-0.39, 0.29) is 12.0 Å². The van der Waals surface area contributed by atoms with E-state index in [1.54, 1.807) is 28.4 Å². The zero-order valence-corrected chi connectivity index (χ0v) is 23.8. The van der Waals surface area contributed by atoms with Crippen LogP contribution in [0, 0.1) is 5.92 Å². The summed E-state index contributed by atoms with van der Waals surface area (Å²) in [5.74, 6) is 3.39. The zero-order chi connectivity index (χ0) is 26.6. The van der Waals surface area contributed by atoms with Gasteiger partial charge in [0.25, 0.3) is 0 Å². The van der Waals surface area contributed by atoms with Crippen LogP contribution < -0.4 is 24.0 Å². The Morgan fingerprint density at radius 2 is 1.53 bits per heavy atom. The van der Waals surface area contributed by atoms with E-state index in [1.807, 2.05) is 30.3 Å². The van der Waals surface area contributed by atoms with Crippen molar-refractivity contribution in [1.29, 1.82) is 0 Å². The topological polar surface area (TPSA) is 52.5 Å². The highest BCUT2D eigenvalue weighted by atomic mass is 79.9. The molecule has 3 aromatic rings. The maximum Gasteiger partial charge on any atom is 0.127 e. The maximum absolute atomic E-state index is 5.88. The number of nitrogens with zero attached hydrogens (tertiary/aromatic N) is 2. The third-order valence-corrected chi connectivity index (χ3v) is 7.90. The van der Waals surface area contributed by atoms with Gasteiger partial charge in [-0.3, -0.25) is 5.01 Å². The molecule has 1 saturated carbocycles. The molecule has 2 aliphatic rings. The van der Waals surface area contributed by atoms with Gasteiger partial charge in [0, 0.05) is 27.6 Å². The van der Waals surface area contributed by atoms with Gasteiger partial charge >= 0.3 is 0 Å². The molecular weight excluding hydrogens is 544 g/mol. The van der Waals surface area contributed by atoms with E-state index in [4.69, 9.17) is 24.0 Å². The third kappa shape index (κ3) is 5.12. The standard InChI is InChI=1S/C31H33BrN2O4/c1-35-24-14-16-28(37-3)21(18-24)17-20-7-5-6-8-27-30(20)33-34(23-11-9-22(32)10-12-23)31(27)26-15-13-25(36-2)19-29(26)38-4/h9-19,27,31H,5-8H2,1-4H3/b20-17+. The first-order valence-corrected chi connectivity index (χ1v) is 13.6. The van der Waals surface area contributed by atoms with Gasteiger partial charge in [0.05, 0.1) is 45.9 Å². The van der Waals surface area contributed by atoms with E-state index in [0.717, 1.165) is 75.7 Å². The molecule has 0 saturated heterocycles. The second-order valence-corrected chi connectivity index (χ2v) is 10.4. The number of methoxy groups -OCH3 is 4. The van der Waals surface area contributed by atoms with Gasteiger partial charge in [-0.25, -0.2) is 0 Å². The van der Waals surface area contributed by atoms with Crippen molar-refractivity contribution in [3.63, 3.8) is 0 Å². The van der Waals surface area contributed by atoms with Crippen molar-refractivity contribution >= 4 is 33.4 Å². The van der Waals surface area contributed by atoms with Crippen molar-refractivity contribution < 1.29 is 18.9 Å². The number of allylic oxidation sites excluding steroid dienone is 1. The first-order valence-electron chi connectivity index (χ1n) is 12.8. The van der Waals surface area contributed by atoms with E-state index in [1.165, 1.54) is 5.57 Å². The van der Waals surface area contributed by atoms with E-state index >= 15 is 0 Å². The number of rotatable bonds is 7. The molecule has 198 valence electrons. The Bertz CT molecular complexity index is 1350. The van der Waals surface area contributed by atoms with Gasteiger partial charge in [-0.05, 0) is 85.5 Å². The SMILES string of the molecule is COc1ccc(OC)c(/C=C2\CCCCC3C2=NN(c2ccc(Br)cc2)C3c2ccc(OC)cc2OC)c1. The molecule has 1 aliphatic carbocycles. The number of anilines is 1. The monoisotopic (exact) mass is 576 g/mol. The summed E-state index contributed by atoms with van der Waals surface area (Å²) in [5, 5.41) is 7.49. The van der Waals surface area contributed by atoms with Crippen LogP contribution in [-0.4, -0.2) is 34.2 Å². The number of hydrogen-bond acceptors (Lipinski definition) is 6. The average Bonchev–Trinajstić information content (AvgIpc) is 3.22. The van der Waals surface area contributed by atoms with Crippen LogP contribution in [0.15, 0.2) is 75.8 Å². The fourth-order valence-electron chi connectivity index (χ4n) is 5.49. The molecule has 1 aliphatic heterocycles. The van der Waals surface area contributed by atoms with Gasteiger partial charge in [-0.15, -0.1) is 0 Å². The molecule has 7 heteroatoms. The van der Waals surface area contributed by atoms with Crippen LogP contribution in [0.3, 0.4) is 0 Å². The number of ether oxygens (including phenoxy) is 4. The summed E-state index contributed by atoms with van der Waals surface area (Å²) in [6, 6.07) is 20.3. The summed E-state index contributed by atoms with van der Waals surface area (Å²) in [7, 11) is 6.78. The quantitative estimate of drug-likeness (QED) is 0.289. The minimum absolute atomic E-state index is 0.0132. The highest BCUT2D eigenvalue weighted by Crippen LogP contribution is 2.48. The van der Waals surface area contributed by atoms with Crippen molar-refractivity contribution in [1.82, 2.24) is 0 Å². The molecule has 6 nitrogen and oxygen atoms in total. The first-order chi connectivity index (χ1) is 18.6. The Hall–Kier alpha value is -3.45. The Morgan fingerprint density at radius 3 is 2.24 bits per heavy atom. The van der Waals surface area contributed by atoms with Crippen molar-refractivity contribution in [3.05, 3.63) is 81.8 Å². The van der Waals surface area contributed by atoms with Gasteiger partial charge in [0.2, 0.25) is 0 Å². The molecule has 0 aromatic heterocycles. The summed E-state index contributed by atoms with van der Waals surface area (Å²) in [5.41, 5.74) is 5.48. The minimum atomic E-state index is -0.0132. The average molecular weight is 578 g/mol. The second kappa shape index (κ2) is 11.5. The van der Waals surface area contributed by atoms with Crippen LogP contribution in [0.5, 0.6) is 23.0 Å². The molecule has 2 unspecified atom stereocenters. The molecule has 0 bridgehead atoms.